The molecule has 0 aliphatic carbocycles. The molecule has 2 N–H and O–H groups in total. The molecule has 12 heteroatoms. The summed E-state index contributed by atoms with van der Waals surface area (Å²) in [6, 6.07) is -1.67. The number of phosphoric ester groups is 1. The number of carbonyl (C=O) groups excluding carboxylic acids is 3. The van der Waals surface area contributed by atoms with Crippen molar-refractivity contribution in [3.8, 4) is 0 Å². The number of ether oxygens (including phenoxy) is 2. The average Bonchev–Trinajstić information content (AvgIpc) is 3.14. The number of carboxylic acid groups (broad SMARTS) is 1. The number of carboxylic acids is 1. The third kappa shape index (κ3) is 36.9. The van der Waals surface area contributed by atoms with Crippen LogP contribution in [0.3, 0.4) is 0 Å². The highest BCUT2D eigenvalue weighted by Gasteiger charge is 2.21. The fraction of sp³-hybridized carbons (Fsp3) is 0.833. The van der Waals surface area contributed by atoms with Gasteiger partial charge in [0.25, 0.3) is 7.82 Å². The molecule has 0 fully saturated rings. The molecule has 3 atom stereocenters. The average molecular weight is 786 g/mol. The van der Waals surface area contributed by atoms with Gasteiger partial charge in [-0.3, -0.25) is 14.2 Å². The van der Waals surface area contributed by atoms with Crippen molar-refractivity contribution >= 4 is 25.7 Å². The van der Waals surface area contributed by atoms with E-state index >= 15 is 0 Å². The van der Waals surface area contributed by atoms with Gasteiger partial charge >= 0.3 is 11.9 Å². The van der Waals surface area contributed by atoms with Crippen molar-refractivity contribution in [2.45, 2.75) is 206 Å². The number of allylic oxidation sites excluding steroid dienone is 4. The van der Waals surface area contributed by atoms with Crippen molar-refractivity contribution < 1.29 is 47.5 Å². The molecule has 3 unspecified atom stereocenters. The van der Waals surface area contributed by atoms with Crippen LogP contribution < -0.4 is 15.7 Å². The van der Waals surface area contributed by atoms with E-state index in [2.05, 4.69) is 42.7 Å². The van der Waals surface area contributed by atoms with E-state index in [0.717, 1.165) is 77.0 Å². The number of rotatable bonds is 40. The number of hydrogen-bond acceptors (Lipinski definition) is 11. The highest BCUT2D eigenvalue weighted by molar-refractivity contribution is 7.45. The lowest BCUT2D eigenvalue weighted by Gasteiger charge is -2.26. The van der Waals surface area contributed by atoms with Crippen LogP contribution in [0.15, 0.2) is 24.3 Å². The number of carbonyl (C=O) groups is 3. The van der Waals surface area contributed by atoms with E-state index in [1.54, 1.807) is 0 Å². The van der Waals surface area contributed by atoms with Crippen LogP contribution in [0, 0.1) is 0 Å². The number of nitrogens with two attached hydrogens (primary N) is 1. The summed E-state index contributed by atoms with van der Waals surface area (Å²) in [5, 5.41) is 10.8. The maximum absolute atomic E-state index is 12.6. The Hall–Kier alpha value is -2.04. The molecule has 54 heavy (non-hydrogen) atoms. The maximum atomic E-state index is 12.6. The van der Waals surface area contributed by atoms with Crippen molar-refractivity contribution in [2.24, 2.45) is 5.73 Å². The van der Waals surface area contributed by atoms with E-state index in [0.29, 0.717) is 12.8 Å². The smallest absolute Gasteiger partial charge is 0.306 e. The van der Waals surface area contributed by atoms with Crippen LogP contribution >= 0.6 is 7.82 Å². The Balaban J connectivity index is 4.40. The van der Waals surface area contributed by atoms with Crippen LogP contribution in [-0.2, 0) is 37.5 Å². The number of hydrogen-bond donors (Lipinski definition) is 1. The fourth-order valence-electron chi connectivity index (χ4n) is 5.75. The molecule has 0 spiro atoms. The SMILES string of the molecule is CCCCCCCC/C=C\CCCCCCCC(=O)OCC(COP(=O)([O-])OCC(N)C(=O)[O-])OC(=O)CCCCCCC/C=C\CCCCCCCC. The second-order valence-corrected chi connectivity index (χ2v) is 15.8. The minimum absolute atomic E-state index is 0.128. The van der Waals surface area contributed by atoms with E-state index < -0.39 is 51.1 Å². The van der Waals surface area contributed by atoms with Crippen LogP contribution in [0.25, 0.3) is 0 Å². The maximum Gasteiger partial charge on any atom is 0.306 e. The lowest BCUT2D eigenvalue weighted by atomic mass is 10.1. The summed E-state index contributed by atoms with van der Waals surface area (Å²) < 4.78 is 32.2. The van der Waals surface area contributed by atoms with Crippen LogP contribution in [0.2, 0.25) is 0 Å². The van der Waals surface area contributed by atoms with Gasteiger partial charge in [0.1, 0.15) is 6.61 Å². The Morgan fingerprint density at radius 2 is 0.926 bits per heavy atom. The van der Waals surface area contributed by atoms with Gasteiger partial charge < -0.3 is 39.0 Å². The number of esters is 2. The molecule has 0 heterocycles. The highest BCUT2D eigenvalue weighted by atomic mass is 31.2. The standard InChI is InChI=1S/C42H78NO10P/c1-3-5-7-9-11-13-15-17-19-21-23-25-27-29-31-33-40(44)50-35-38(36-51-54(48,49)52-37-39(43)42(46)47)53-41(45)34-32-30-28-26-24-22-20-18-16-14-12-10-8-6-4-2/h17-20,38-39H,3-16,21-37,43H2,1-2H3,(H,46,47)(H,48,49)/p-2/b19-17-,20-18-. The van der Waals surface area contributed by atoms with E-state index in [1.807, 2.05) is 0 Å². The second kappa shape index (κ2) is 37.9. The molecule has 0 radical (unpaired) electrons. The van der Waals surface area contributed by atoms with Crippen LogP contribution in [0.5, 0.6) is 0 Å². The van der Waals surface area contributed by atoms with Crippen molar-refractivity contribution in [3.05, 3.63) is 24.3 Å². The summed E-state index contributed by atoms with van der Waals surface area (Å²) in [7, 11) is -4.99. The summed E-state index contributed by atoms with van der Waals surface area (Å²) in [5.41, 5.74) is 5.24. The minimum Gasteiger partial charge on any atom is -0.756 e. The molecule has 0 rings (SSSR count). The predicted molar refractivity (Wildman–Crippen MR) is 212 cm³/mol. The van der Waals surface area contributed by atoms with Gasteiger partial charge in [0, 0.05) is 12.8 Å². The first-order valence-corrected chi connectivity index (χ1v) is 22.8. The Labute approximate surface area is 328 Å². The number of unbranched alkanes of at least 4 members (excludes halogenated alkanes) is 22. The zero-order valence-electron chi connectivity index (χ0n) is 34.0. The van der Waals surface area contributed by atoms with E-state index in [4.69, 9.17) is 19.7 Å². The summed E-state index contributed by atoms with van der Waals surface area (Å²) in [6.07, 6.45) is 37.8. The van der Waals surface area contributed by atoms with E-state index in [9.17, 15) is 28.9 Å². The first kappa shape index (κ1) is 52.0. The van der Waals surface area contributed by atoms with Gasteiger partial charge in [-0.05, 0) is 64.2 Å². The normalized spacial score (nSPS) is 14.0. The fourth-order valence-corrected chi connectivity index (χ4v) is 6.52. The van der Waals surface area contributed by atoms with Crippen LogP contribution in [0.4, 0.5) is 0 Å². The van der Waals surface area contributed by atoms with Gasteiger partial charge in [0.2, 0.25) is 0 Å². The van der Waals surface area contributed by atoms with Crippen molar-refractivity contribution in [1.29, 1.82) is 0 Å². The van der Waals surface area contributed by atoms with Gasteiger partial charge in [-0.2, -0.15) is 0 Å². The topological polar surface area (TPSA) is 177 Å². The molecule has 0 aliphatic rings. The Bertz CT molecular complexity index is 1020. The molecule has 0 saturated carbocycles. The molecule has 0 saturated heterocycles. The van der Waals surface area contributed by atoms with Gasteiger partial charge in [0.05, 0.1) is 25.2 Å². The predicted octanol–water partition coefficient (Wildman–Crippen LogP) is 9.10. The molecule has 11 nitrogen and oxygen atoms in total. The summed E-state index contributed by atoms with van der Waals surface area (Å²) in [6.45, 7) is 2.53. The highest BCUT2D eigenvalue weighted by Crippen LogP contribution is 2.38. The first-order chi connectivity index (χ1) is 26.1. The number of phosphoric acid groups is 1. The van der Waals surface area contributed by atoms with Crippen molar-refractivity contribution in [3.63, 3.8) is 0 Å². The van der Waals surface area contributed by atoms with E-state index in [1.165, 1.54) is 77.0 Å². The van der Waals surface area contributed by atoms with E-state index in [-0.39, 0.29) is 19.4 Å². The van der Waals surface area contributed by atoms with Crippen molar-refractivity contribution in [1.82, 2.24) is 0 Å². The summed E-state index contributed by atoms with van der Waals surface area (Å²) in [4.78, 5) is 47.9. The zero-order valence-corrected chi connectivity index (χ0v) is 34.9. The summed E-state index contributed by atoms with van der Waals surface area (Å²) >= 11 is 0. The van der Waals surface area contributed by atoms with Gasteiger partial charge in [-0.1, -0.05) is 141 Å². The molecule has 0 bridgehead atoms. The third-order valence-corrected chi connectivity index (χ3v) is 10.1. The van der Waals surface area contributed by atoms with Gasteiger partial charge in [-0.25, -0.2) is 0 Å². The third-order valence-electron chi connectivity index (χ3n) is 9.15. The van der Waals surface area contributed by atoms with Gasteiger partial charge in [0.15, 0.2) is 6.10 Å². The first-order valence-electron chi connectivity index (χ1n) is 21.3. The summed E-state index contributed by atoms with van der Waals surface area (Å²) in [5.74, 6) is -2.72. The molecular weight excluding hydrogens is 709 g/mol. The number of aliphatic carboxylic acids is 1. The molecule has 316 valence electrons. The quantitative estimate of drug-likeness (QED) is 0.0271. The zero-order chi connectivity index (χ0) is 40.0. The molecule has 0 aromatic heterocycles. The van der Waals surface area contributed by atoms with Crippen LogP contribution in [0.1, 0.15) is 194 Å². The Kier molecular flexibility index (Phi) is 36.4. The molecule has 0 aromatic carbocycles. The minimum atomic E-state index is -4.99. The second-order valence-electron chi connectivity index (χ2n) is 14.4. The van der Waals surface area contributed by atoms with Gasteiger partial charge in [-0.15, -0.1) is 0 Å². The largest absolute Gasteiger partial charge is 0.756 e. The molecule has 0 aromatic rings. The van der Waals surface area contributed by atoms with Crippen molar-refractivity contribution in [2.75, 3.05) is 19.8 Å². The molecule has 0 amide bonds. The van der Waals surface area contributed by atoms with Crippen LogP contribution in [-0.4, -0.2) is 49.9 Å². The monoisotopic (exact) mass is 786 g/mol. The molecule has 0 aliphatic heterocycles. The Morgan fingerprint density at radius 1 is 0.556 bits per heavy atom. The lowest BCUT2D eigenvalue weighted by Crippen LogP contribution is -2.45. The lowest BCUT2D eigenvalue weighted by molar-refractivity contribution is -0.308. The Morgan fingerprint density at radius 3 is 1.35 bits per heavy atom. The molecular formula is C42H76NO10P-2.